The van der Waals surface area contributed by atoms with Gasteiger partial charge in [-0.2, -0.15) is 0 Å². The molecule has 2 heterocycles. The van der Waals surface area contributed by atoms with Crippen molar-refractivity contribution in [3.63, 3.8) is 0 Å². The standard InChI is InChI=1S/C18H19Cl2NO4S2/c1-12(25-17-5-4-13(19)9-16(17)20)18(22)21(10-15-3-2-7-26-15)14-6-8-27(23,24)11-14/h2-5,7,9,12,14H,6,8,10-11H2,1H3. The summed E-state index contributed by atoms with van der Waals surface area (Å²) in [6.07, 6.45) is -0.375. The predicted molar refractivity (Wildman–Crippen MR) is 108 cm³/mol. The maximum Gasteiger partial charge on any atom is 0.263 e. The molecule has 1 aromatic heterocycles. The van der Waals surface area contributed by atoms with Crippen LogP contribution >= 0.6 is 34.5 Å². The van der Waals surface area contributed by atoms with Gasteiger partial charge in [0, 0.05) is 15.9 Å². The fourth-order valence-corrected chi connectivity index (χ4v) is 5.91. The monoisotopic (exact) mass is 447 g/mol. The lowest BCUT2D eigenvalue weighted by molar-refractivity contribution is -0.140. The molecule has 1 fully saturated rings. The van der Waals surface area contributed by atoms with Gasteiger partial charge in [0.1, 0.15) is 5.75 Å². The second-order valence-corrected chi connectivity index (χ2v) is 10.5. The zero-order chi connectivity index (χ0) is 19.6. The van der Waals surface area contributed by atoms with Crippen molar-refractivity contribution >= 4 is 50.3 Å². The van der Waals surface area contributed by atoms with E-state index < -0.39 is 15.9 Å². The zero-order valence-corrected chi connectivity index (χ0v) is 17.7. The Morgan fingerprint density at radius 1 is 1.37 bits per heavy atom. The second kappa shape index (κ2) is 8.39. The van der Waals surface area contributed by atoms with Gasteiger partial charge in [0.2, 0.25) is 0 Å². The molecule has 146 valence electrons. The Labute approximate surface area is 172 Å². The number of carbonyl (C=O) groups is 1. The molecule has 0 radical (unpaired) electrons. The number of rotatable bonds is 6. The summed E-state index contributed by atoms with van der Waals surface area (Å²) in [5.74, 6) is 0.177. The molecule has 2 atom stereocenters. The molecule has 27 heavy (non-hydrogen) atoms. The third kappa shape index (κ3) is 5.16. The van der Waals surface area contributed by atoms with E-state index in [-0.39, 0.29) is 23.5 Å². The smallest absolute Gasteiger partial charge is 0.263 e. The number of carbonyl (C=O) groups excluding carboxylic acids is 1. The Morgan fingerprint density at radius 2 is 2.15 bits per heavy atom. The fraction of sp³-hybridized carbons (Fsp3) is 0.389. The molecule has 5 nitrogen and oxygen atoms in total. The Morgan fingerprint density at radius 3 is 2.74 bits per heavy atom. The number of halogens is 2. The van der Waals surface area contributed by atoms with Gasteiger partial charge in [-0.25, -0.2) is 8.42 Å². The first-order chi connectivity index (χ1) is 12.7. The molecule has 2 aromatic rings. The summed E-state index contributed by atoms with van der Waals surface area (Å²) in [5.41, 5.74) is 0. The molecule has 2 unspecified atom stereocenters. The molecular weight excluding hydrogens is 429 g/mol. The van der Waals surface area contributed by atoms with Gasteiger partial charge >= 0.3 is 0 Å². The molecular formula is C18H19Cl2NO4S2. The average Bonchev–Trinajstić information content (AvgIpc) is 3.23. The van der Waals surface area contributed by atoms with Crippen LogP contribution in [0.2, 0.25) is 10.0 Å². The third-order valence-corrected chi connectivity index (χ3v) is 7.53. The molecule has 0 N–H and O–H groups in total. The first-order valence-corrected chi connectivity index (χ1v) is 11.9. The highest BCUT2D eigenvalue weighted by atomic mass is 35.5. The number of thiophene rings is 1. The van der Waals surface area contributed by atoms with Gasteiger partial charge in [-0.3, -0.25) is 4.79 Å². The molecule has 0 spiro atoms. The summed E-state index contributed by atoms with van der Waals surface area (Å²) in [4.78, 5) is 15.7. The van der Waals surface area contributed by atoms with Crippen LogP contribution in [0, 0.1) is 0 Å². The number of ether oxygens (including phenoxy) is 1. The molecule has 1 aromatic carbocycles. The number of nitrogens with zero attached hydrogens (tertiary/aromatic N) is 1. The van der Waals surface area contributed by atoms with E-state index in [0.717, 1.165) is 4.88 Å². The maximum atomic E-state index is 13.1. The van der Waals surface area contributed by atoms with Crippen molar-refractivity contribution in [2.45, 2.75) is 32.0 Å². The van der Waals surface area contributed by atoms with Gasteiger partial charge < -0.3 is 9.64 Å². The minimum atomic E-state index is -3.12. The minimum Gasteiger partial charge on any atom is -0.479 e. The number of amides is 1. The van der Waals surface area contributed by atoms with E-state index in [2.05, 4.69) is 0 Å². The lowest BCUT2D eigenvalue weighted by Crippen LogP contribution is -2.46. The zero-order valence-electron chi connectivity index (χ0n) is 14.6. The highest BCUT2D eigenvalue weighted by Crippen LogP contribution is 2.29. The molecule has 9 heteroatoms. The molecule has 0 aliphatic carbocycles. The summed E-state index contributed by atoms with van der Waals surface area (Å²) < 4.78 is 29.6. The van der Waals surface area contributed by atoms with Crippen molar-refractivity contribution in [2.75, 3.05) is 11.5 Å². The highest BCUT2D eigenvalue weighted by molar-refractivity contribution is 7.91. The summed E-state index contributed by atoms with van der Waals surface area (Å²) >= 11 is 13.5. The fourth-order valence-electron chi connectivity index (χ4n) is 3.02. The van der Waals surface area contributed by atoms with Crippen LogP contribution in [0.1, 0.15) is 18.2 Å². The van der Waals surface area contributed by atoms with Crippen LogP contribution in [-0.4, -0.2) is 42.9 Å². The molecule has 1 saturated heterocycles. The SMILES string of the molecule is CC(Oc1ccc(Cl)cc1Cl)C(=O)N(Cc1cccs1)C1CCS(=O)(=O)C1. The Kier molecular flexibility index (Phi) is 6.35. The van der Waals surface area contributed by atoms with Crippen LogP contribution in [0.15, 0.2) is 35.7 Å². The van der Waals surface area contributed by atoms with Crippen molar-refractivity contribution in [3.8, 4) is 5.75 Å². The number of sulfone groups is 1. The summed E-state index contributed by atoms with van der Waals surface area (Å²) in [7, 11) is -3.12. The molecule has 0 saturated carbocycles. The molecule has 1 aliphatic rings. The topological polar surface area (TPSA) is 63.7 Å². The lowest BCUT2D eigenvalue weighted by atomic mass is 10.2. The van der Waals surface area contributed by atoms with E-state index in [1.54, 1.807) is 30.0 Å². The van der Waals surface area contributed by atoms with Crippen molar-refractivity contribution in [1.82, 2.24) is 4.90 Å². The first kappa shape index (κ1) is 20.5. The third-order valence-electron chi connectivity index (χ3n) is 4.38. The first-order valence-electron chi connectivity index (χ1n) is 8.40. The van der Waals surface area contributed by atoms with Gasteiger partial charge in [-0.15, -0.1) is 11.3 Å². The van der Waals surface area contributed by atoms with Gasteiger partial charge in [0.15, 0.2) is 15.9 Å². The highest BCUT2D eigenvalue weighted by Gasteiger charge is 2.36. The molecule has 0 bridgehead atoms. The minimum absolute atomic E-state index is 0.0153. The molecule has 3 rings (SSSR count). The summed E-state index contributed by atoms with van der Waals surface area (Å²) in [6, 6.07) is 8.27. The molecule has 1 amide bonds. The van der Waals surface area contributed by atoms with Crippen LogP contribution in [0.5, 0.6) is 5.75 Å². The van der Waals surface area contributed by atoms with Crippen molar-refractivity contribution in [1.29, 1.82) is 0 Å². The average molecular weight is 448 g/mol. The number of benzene rings is 1. The Balaban J connectivity index is 1.78. The van der Waals surface area contributed by atoms with Crippen LogP contribution in [0.25, 0.3) is 0 Å². The number of hydrogen-bond acceptors (Lipinski definition) is 5. The van der Waals surface area contributed by atoms with Crippen molar-refractivity contribution < 1.29 is 17.9 Å². The van der Waals surface area contributed by atoms with E-state index in [0.29, 0.717) is 28.8 Å². The predicted octanol–water partition coefficient (Wildman–Crippen LogP) is 4.04. The van der Waals surface area contributed by atoms with Crippen molar-refractivity contribution in [2.24, 2.45) is 0 Å². The van der Waals surface area contributed by atoms with E-state index in [4.69, 9.17) is 27.9 Å². The second-order valence-electron chi connectivity index (χ2n) is 6.44. The summed E-state index contributed by atoms with van der Waals surface area (Å²) in [5, 5.41) is 2.72. The van der Waals surface area contributed by atoms with E-state index >= 15 is 0 Å². The van der Waals surface area contributed by atoms with Gasteiger partial charge in [0.05, 0.1) is 23.1 Å². The van der Waals surface area contributed by atoms with Crippen LogP contribution in [0.3, 0.4) is 0 Å². The quantitative estimate of drug-likeness (QED) is 0.669. The summed E-state index contributed by atoms with van der Waals surface area (Å²) in [6.45, 7) is 2.00. The number of hydrogen-bond donors (Lipinski definition) is 0. The van der Waals surface area contributed by atoms with E-state index in [1.807, 2.05) is 17.5 Å². The van der Waals surface area contributed by atoms with Crippen LogP contribution in [-0.2, 0) is 21.2 Å². The van der Waals surface area contributed by atoms with Crippen LogP contribution < -0.4 is 4.74 Å². The lowest BCUT2D eigenvalue weighted by Gasteiger charge is -2.30. The van der Waals surface area contributed by atoms with Gasteiger partial charge in [-0.1, -0.05) is 29.3 Å². The van der Waals surface area contributed by atoms with E-state index in [9.17, 15) is 13.2 Å². The largest absolute Gasteiger partial charge is 0.479 e. The Bertz CT molecular complexity index is 915. The van der Waals surface area contributed by atoms with Gasteiger partial charge in [0.25, 0.3) is 5.91 Å². The maximum absolute atomic E-state index is 13.1. The normalized spacial score (nSPS) is 19.6. The van der Waals surface area contributed by atoms with Crippen molar-refractivity contribution in [3.05, 3.63) is 50.6 Å². The van der Waals surface area contributed by atoms with E-state index in [1.165, 1.54) is 11.3 Å². The Hall–Kier alpha value is -1.28. The molecule has 1 aliphatic heterocycles. The van der Waals surface area contributed by atoms with Gasteiger partial charge in [-0.05, 0) is 43.0 Å². The van der Waals surface area contributed by atoms with Crippen LogP contribution in [0.4, 0.5) is 0 Å².